The van der Waals surface area contributed by atoms with E-state index in [0.717, 1.165) is 31.5 Å². The molecule has 0 bridgehead atoms. The van der Waals surface area contributed by atoms with E-state index < -0.39 is 15.9 Å². The lowest BCUT2D eigenvalue weighted by Gasteiger charge is -2.26. The van der Waals surface area contributed by atoms with Gasteiger partial charge in [-0.1, -0.05) is 18.0 Å². The Morgan fingerprint density at radius 2 is 1.83 bits per heavy atom. The largest absolute Gasteiger partial charge is 0.379 e. The Morgan fingerprint density at radius 3 is 2.63 bits per heavy atom. The van der Waals surface area contributed by atoms with Gasteiger partial charge in [-0.15, -0.1) is 0 Å². The normalized spacial score (nSPS) is 17.1. The Balaban J connectivity index is 1.44. The van der Waals surface area contributed by atoms with Crippen LogP contribution in [0.4, 0.5) is 5.69 Å². The van der Waals surface area contributed by atoms with Crippen molar-refractivity contribution < 1.29 is 17.9 Å². The third-order valence-electron chi connectivity index (χ3n) is 6.37. The maximum Gasteiger partial charge on any atom is 0.261 e. The molecule has 3 aromatic rings. The number of carbonyl (C=O) groups excluding carboxylic acids is 1. The van der Waals surface area contributed by atoms with Crippen molar-refractivity contribution >= 4 is 44.1 Å². The number of anilines is 1. The first-order chi connectivity index (χ1) is 16.8. The standard InChI is InChI=1S/C24H25ClN4O5S/c25-19-8-6-17(35(32,33)28-10-12-34-13-11-28)15-21(19)27-23(30)16-5-7-18-20(14-16)26-22-4-2-1-3-9-29(22)24(18)31/h5-8,14-15H,1-4,9-13H2,(H,27,30). The smallest absolute Gasteiger partial charge is 0.261 e. The van der Waals surface area contributed by atoms with Crippen molar-refractivity contribution in [1.29, 1.82) is 0 Å². The molecule has 5 rings (SSSR count). The van der Waals surface area contributed by atoms with Crippen LogP contribution in [0.25, 0.3) is 10.9 Å². The topological polar surface area (TPSA) is 111 Å². The van der Waals surface area contributed by atoms with Gasteiger partial charge in [0.2, 0.25) is 10.0 Å². The number of hydrogen-bond acceptors (Lipinski definition) is 6. The summed E-state index contributed by atoms with van der Waals surface area (Å²) < 4.78 is 34.3. The number of aryl methyl sites for hydroxylation is 1. The number of halogens is 1. The first-order valence-corrected chi connectivity index (χ1v) is 13.4. The molecule has 0 spiro atoms. The van der Waals surface area contributed by atoms with Gasteiger partial charge in [0.15, 0.2) is 0 Å². The summed E-state index contributed by atoms with van der Waals surface area (Å²) in [5.41, 5.74) is 0.843. The van der Waals surface area contributed by atoms with E-state index in [9.17, 15) is 18.0 Å². The molecule has 0 saturated carbocycles. The minimum absolute atomic E-state index is 0.0370. The molecular formula is C24H25ClN4O5S. The molecular weight excluding hydrogens is 492 g/mol. The summed E-state index contributed by atoms with van der Waals surface area (Å²) in [4.78, 5) is 30.7. The first-order valence-electron chi connectivity index (χ1n) is 11.6. The lowest BCUT2D eigenvalue weighted by atomic mass is 10.1. The highest BCUT2D eigenvalue weighted by Gasteiger charge is 2.27. The van der Waals surface area contributed by atoms with E-state index in [1.807, 2.05) is 0 Å². The van der Waals surface area contributed by atoms with Gasteiger partial charge < -0.3 is 10.1 Å². The van der Waals surface area contributed by atoms with E-state index in [2.05, 4.69) is 10.3 Å². The third kappa shape index (κ3) is 4.71. The molecule has 1 fully saturated rings. The Bertz CT molecular complexity index is 1460. The van der Waals surface area contributed by atoms with Crippen LogP contribution in [0.5, 0.6) is 0 Å². The van der Waals surface area contributed by atoms with Gasteiger partial charge >= 0.3 is 0 Å². The summed E-state index contributed by atoms with van der Waals surface area (Å²) in [6.45, 7) is 1.85. The molecule has 1 saturated heterocycles. The molecule has 0 unspecified atom stereocenters. The van der Waals surface area contributed by atoms with Crippen LogP contribution >= 0.6 is 11.6 Å². The molecule has 2 aliphatic heterocycles. The van der Waals surface area contributed by atoms with Crippen LogP contribution in [-0.2, 0) is 27.7 Å². The molecule has 2 aliphatic rings. The van der Waals surface area contributed by atoms with E-state index >= 15 is 0 Å². The molecule has 1 amide bonds. The van der Waals surface area contributed by atoms with Crippen LogP contribution < -0.4 is 10.9 Å². The zero-order valence-electron chi connectivity index (χ0n) is 19.0. The fourth-order valence-electron chi connectivity index (χ4n) is 4.45. The van der Waals surface area contributed by atoms with Crippen molar-refractivity contribution in [3.63, 3.8) is 0 Å². The Labute approximate surface area is 207 Å². The predicted octanol–water partition coefficient (Wildman–Crippen LogP) is 3.05. The molecule has 2 aromatic carbocycles. The number of benzene rings is 2. The quantitative estimate of drug-likeness (QED) is 0.570. The van der Waals surface area contributed by atoms with E-state index in [1.54, 1.807) is 22.8 Å². The first kappa shape index (κ1) is 23.9. The number of amides is 1. The highest BCUT2D eigenvalue weighted by molar-refractivity contribution is 7.89. The van der Waals surface area contributed by atoms with Crippen LogP contribution in [0.15, 0.2) is 46.1 Å². The number of hydrogen-bond donors (Lipinski definition) is 1. The number of nitrogens with zero attached hydrogens (tertiary/aromatic N) is 3. The SMILES string of the molecule is O=C(Nc1cc(S(=O)(=O)N2CCOCC2)ccc1Cl)c1ccc2c(=O)n3c(nc2c1)CCCCC3. The molecule has 184 valence electrons. The Kier molecular flexibility index (Phi) is 6.63. The number of fused-ring (bicyclic) bond motifs is 2. The van der Waals surface area contributed by atoms with E-state index in [-0.39, 0.29) is 34.3 Å². The number of nitrogens with one attached hydrogen (secondary N) is 1. The number of ether oxygens (including phenoxy) is 1. The number of carbonyl (C=O) groups is 1. The Morgan fingerprint density at radius 1 is 1.03 bits per heavy atom. The summed E-state index contributed by atoms with van der Waals surface area (Å²) in [5.74, 6) is 0.258. The zero-order valence-corrected chi connectivity index (χ0v) is 20.6. The maximum absolute atomic E-state index is 13.0. The zero-order chi connectivity index (χ0) is 24.6. The van der Waals surface area contributed by atoms with Crippen LogP contribution in [0.3, 0.4) is 0 Å². The average molecular weight is 517 g/mol. The summed E-state index contributed by atoms with van der Waals surface area (Å²) in [6.07, 6.45) is 3.69. The highest BCUT2D eigenvalue weighted by atomic mass is 35.5. The van der Waals surface area contributed by atoms with Crippen molar-refractivity contribution in [2.24, 2.45) is 0 Å². The second-order valence-corrected chi connectivity index (χ2v) is 11.0. The summed E-state index contributed by atoms with van der Waals surface area (Å²) in [6, 6.07) is 8.98. The summed E-state index contributed by atoms with van der Waals surface area (Å²) in [5, 5.41) is 3.38. The lowest BCUT2D eigenvalue weighted by molar-refractivity contribution is 0.0730. The molecule has 0 aliphatic carbocycles. The summed E-state index contributed by atoms with van der Waals surface area (Å²) in [7, 11) is -3.75. The van der Waals surface area contributed by atoms with E-state index in [4.69, 9.17) is 16.3 Å². The molecule has 3 heterocycles. The van der Waals surface area contributed by atoms with Crippen molar-refractivity contribution in [3.05, 3.63) is 63.2 Å². The van der Waals surface area contributed by atoms with Crippen LogP contribution in [-0.4, -0.2) is 54.5 Å². The number of rotatable bonds is 4. The van der Waals surface area contributed by atoms with Gasteiger partial charge in [-0.05, 0) is 49.2 Å². The molecule has 1 aromatic heterocycles. The summed E-state index contributed by atoms with van der Waals surface area (Å²) >= 11 is 6.27. The molecule has 11 heteroatoms. The van der Waals surface area contributed by atoms with Crippen molar-refractivity contribution in [2.75, 3.05) is 31.6 Å². The predicted molar refractivity (Wildman–Crippen MR) is 133 cm³/mol. The van der Waals surface area contributed by atoms with E-state index in [0.29, 0.717) is 36.2 Å². The van der Waals surface area contributed by atoms with Gasteiger partial charge in [0.1, 0.15) is 5.82 Å². The van der Waals surface area contributed by atoms with Gasteiger partial charge in [0, 0.05) is 31.6 Å². The number of morpholine rings is 1. The van der Waals surface area contributed by atoms with Crippen molar-refractivity contribution in [1.82, 2.24) is 13.9 Å². The molecule has 0 atom stereocenters. The van der Waals surface area contributed by atoms with Crippen molar-refractivity contribution in [3.8, 4) is 0 Å². The number of sulfonamides is 1. The van der Waals surface area contributed by atoms with Gasteiger partial charge in [0.25, 0.3) is 11.5 Å². The van der Waals surface area contributed by atoms with Gasteiger partial charge in [-0.25, -0.2) is 13.4 Å². The molecule has 35 heavy (non-hydrogen) atoms. The fourth-order valence-corrected chi connectivity index (χ4v) is 6.05. The number of aromatic nitrogens is 2. The minimum atomic E-state index is -3.75. The molecule has 1 N–H and O–H groups in total. The van der Waals surface area contributed by atoms with Gasteiger partial charge in [0.05, 0.1) is 39.7 Å². The fraction of sp³-hybridized carbons (Fsp3) is 0.375. The van der Waals surface area contributed by atoms with Crippen LogP contribution in [0.1, 0.15) is 35.4 Å². The van der Waals surface area contributed by atoms with Gasteiger partial charge in [-0.3, -0.25) is 14.2 Å². The van der Waals surface area contributed by atoms with Gasteiger partial charge in [-0.2, -0.15) is 4.31 Å². The Hall–Kier alpha value is -2.79. The lowest BCUT2D eigenvalue weighted by Crippen LogP contribution is -2.40. The minimum Gasteiger partial charge on any atom is -0.379 e. The van der Waals surface area contributed by atoms with Crippen molar-refractivity contribution in [2.45, 2.75) is 37.1 Å². The molecule has 9 nitrogen and oxygen atoms in total. The van der Waals surface area contributed by atoms with E-state index in [1.165, 1.54) is 22.5 Å². The maximum atomic E-state index is 13.0. The highest BCUT2D eigenvalue weighted by Crippen LogP contribution is 2.28. The second kappa shape index (κ2) is 9.69. The van der Waals surface area contributed by atoms with Crippen LogP contribution in [0.2, 0.25) is 5.02 Å². The molecule has 0 radical (unpaired) electrons. The van der Waals surface area contributed by atoms with Crippen LogP contribution in [0, 0.1) is 0 Å². The second-order valence-electron chi connectivity index (χ2n) is 8.64. The third-order valence-corrected chi connectivity index (χ3v) is 8.60. The monoisotopic (exact) mass is 516 g/mol. The average Bonchev–Trinajstić information content (AvgIpc) is 3.11.